The normalized spacial score (nSPS) is 10.9. The summed E-state index contributed by atoms with van der Waals surface area (Å²) in [4.78, 5) is 12.2. The molecule has 3 heteroatoms. The smallest absolute Gasteiger partial charge is 0.395 e. The average molecular weight is 312 g/mol. The zero-order valence-electron chi connectivity index (χ0n) is 14.4. The Bertz CT molecular complexity index is 644. The molecule has 0 saturated carbocycles. The number of aryl methyl sites for hydroxylation is 1. The second kappa shape index (κ2) is 7.32. The van der Waals surface area contributed by atoms with Crippen molar-refractivity contribution in [1.29, 1.82) is 0 Å². The topological polar surface area (TPSA) is 35.5 Å². The molecular formula is C20H24O3. The van der Waals surface area contributed by atoms with E-state index in [-0.39, 0.29) is 11.8 Å². The predicted octanol–water partition coefficient (Wildman–Crippen LogP) is 5.82. The lowest BCUT2D eigenvalue weighted by atomic mass is 9.94. The summed E-state index contributed by atoms with van der Waals surface area (Å²) < 4.78 is 10.9. The molecule has 2 aromatic rings. The lowest BCUT2D eigenvalue weighted by molar-refractivity contribution is 0.150. The zero-order chi connectivity index (χ0) is 17.0. The fourth-order valence-corrected chi connectivity index (χ4v) is 2.41. The Morgan fingerprint density at radius 2 is 1.35 bits per heavy atom. The molecule has 23 heavy (non-hydrogen) atoms. The molecule has 0 N–H and O–H groups in total. The highest BCUT2D eigenvalue weighted by Gasteiger charge is 2.19. The van der Waals surface area contributed by atoms with E-state index in [1.165, 1.54) is 0 Å². The molecule has 0 aliphatic heterocycles. The SMILES string of the molecule is Cc1ccc(OC(=O)Oc2c(C(C)C)cccc2C(C)C)cc1. The van der Waals surface area contributed by atoms with Crippen LogP contribution in [0.4, 0.5) is 4.79 Å². The highest BCUT2D eigenvalue weighted by Crippen LogP contribution is 2.34. The molecule has 0 aromatic heterocycles. The quantitative estimate of drug-likeness (QED) is 0.527. The minimum absolute atomic E-state index is 0.260. The number of carbonyl (C=O) groups is 1. The molecular weight excluding hydrogens is 288 g/mol. The van der Waals surface area contributed by atoms with Crippen LogP contribution in [0.25, 0.3) is 0 Å². The molecule has 0 radical (unpaired) electrons. The molecule has 2 aromatic carbocycles. The lowest BCUT2D eigenvalue weighted by Gasteiger charge is -2.18. The third kappa shape index (κ3) is 4.35. The molecule has 0 aliphatic carbocycles. The molecule has 0 bridgehead atoms. The van der Waals surface area contributed by atoms with Gasteiger partial charge in [0.2, 0.25) is 0 Å². The molecule has 0 fully saturated rings. The van der Waals surface area contributed by atoms with Crippen LogP contribution in [0.15, 0.2) is 42.5 Å². The fraction of sp³-hybridized carbons (Fsp3) is 0.350. The third-order valence-electron chi connectivity index (χ3n) is 3.73. The predicted molar refractivity (Wildman–Crippen MR) is 92.5 cm³/mol. The Hall–Kier alpha value is -2.29. The molecule has 2 rings (SSSR count). The second-order valence-electron chi connectivity index (χ2n) is 6.34. The Morgan fingerprint density at radius 1 is 0.826 bits per heavy atom. The number of carbonyl (C=O) groups excluding carboxylic acids is 1. The van der Waals surface area contributed by atoms with E-state index in [0.29, 0.717) is 11.5 Å². The molecule has 0 aliphatic rings. The van der Waals surface area contributed by atoms with Crippen LogP contribution in [0.5, 0.6) is 11.5 Å². The number of hydrogen-bond donors (Lipinski definition) is 0. The van der Waals surface area contributed by atoms with Gasteiger partial charge in [-0.3, -0.25) is 0 Å². The van der Waals surface area contributed by atoms with Gasteiger partial charge in [-0.15, -0.1) is 0 Å². The van der Waals surface area contributed by atoms with Crippen LogP contribution < -0.4 is 9.47 Å². The van der Waals surface area contributed by atoms with Crippen molar-refractivity contribution in [2.45, 2.75) is 46.5 Å². The van der Waals surface area contributed by atoms with E-state index in [1.54, 1.807) is 12.1 Å². The Morgan fingerprint density at radius 3 is 1.83 bits per heavy atom. The number of rotatable bonds is 4. The minimum Gasteiger partial charge on any atom is -0.395 e. The van der Waals surface area contributed by atoms with Crippen LogP contribution >= 0.6 is 0 Å². The number of para-hydroxylation sites is 1. The lowest BCUT2D eigenvalue weighted by Crippen LogP contribution is -2.16. The number of hydrogen-bond acceptors (Lipinski definition) is 3. The van der Waals surface area contributed by atoms with Gasteiger partial charge in [0.05, 0.1) is 0 Å². The first-order chi connectivity index (χ1) is 10.9. The molecule has 0 unspecified atom stereocenters. The molecule has 3 nitrogen and oxygen atoms in total. The summed E-state index contributed by atoms with van der Waals surface area (Å²) >= 11 is 0. The Kier molecular flexibility index (Phi) is 5.43. The van der Waals surface area contributed by atoms with Crippen molar-refractivity contribution in [2.24, 2.45) is 0 Å². The summed E-state index contributed by atoms with van der Waals surface area (Å²) in [6, 6.07) is 13.3. The van der Waals surface area contributed by atoms with Crippen molar-refractivity contribution < 1.29 is 14.3 Å². The van der Waals surface area contributed by atoms with Crippen LogP contribution in [0.3, 0.4) is 0 Å². The van der Waals surface area contributed by atoms with Crippen LogP contribution in [0.2, 0.25) is 0 Å². The molecule has 0 heterocycles. The first-order valence-corrected chi connectivity index (χ1v) is 7.97. The van der Waals surface area contributed by atoms with Gasteiger partial charge in [-0.25, -0.2) is 4.79 Å². The standard InChI is InChI=1S/C20H24O3/c1-13(2)17-7-6-8-18(14(3)4)19(17)23-20(21)22-16-11-9-15(5)10-12-16/h6-14H,1-5H3. The molecule has 0 saturated heterocycles. The molecule has 122 valence electrons. The molecule has 0 spiro atoms. The van der Waals surface area contributed by atoms with Gasteiger partial charge in [-0.05, 0) is 42.0 Å². The maximum atomic E-state index is 12.2. The first kappa shape index (κ1) is 17.1. The van der Waals surface area contributed by atoms with Gasteiger partial charge in [-0.1, -0.05) is 63.6 Å². The van der Waals surface area contributed by atoms with Crippen molar-refractivity contribution in [2.75, 3.05) is 0 Å². The largest absolute Gasteiger partial charge is 0.519 e. The van der Waals surface area contributed by atoms with Gasteiger partial charge in [-0.2, -0.15) is 0 Å². The maximum Gasteiger partial charge on any atom is 0.519 e. The van der Waals surface area contributed by atoms with E-state index < -0.39 is 6.16 Å². The van der Waals surface area contributed by atoms with Crippen LogP contribution in [-0.2, 0) is 0 Å². The first-order valence-electron chi connectivity index (χ1n) is 7.97. The van der Waals surface area contributed by atoms with E-state index in [9.17, 15) is 4.79 Å². The van der Waals surface area contributed by atoms with Gasteiger partial charge < -0.3 is 9.47 Å². The maximum absolute atomic E-state index is 12.2. The average Bonchev–Trinajstić information content (AvgIpc) is 2.49. The summed E-state index contributed by atoms with van der Waals surface area (Å²) in [5.74, 6) is 1.62. The number of benzene rings is 2. The summed E-state index contributed by atoms with van der Waals surface area (Å²) in [6.45, 7) is 10.3. The van der Waals surface area contributed by atoms with E-state index in [0.717, 1.165) is 16.7 Å². The second-order valence-corrected chi connectivity index (χ2v) is 6.34. The van der Waals surface area contributed by atoms with Gasteiger partial charge in [0.25, 0.3) is 0 Å². The Balaban J connectivity index is 2.24. The van der Waals surface area contributed by atoms with Crippen molar-refractivity contribution in [3.05, 3.63) is 59.2 Å². The van der Waals surface area contributed by atoms with Crippen LogP contribution in [0, 0.1) is 6.92 Å². The van der Waals surface area contributed by atoms with Crippen molar-refractivity contribution in [1.82, 2.24) is 0 Å². The summed E-state index contributed by atoms with van der Waals surface area (Å²) in [5, 5.41) is 0. The summed E-state index contributed by atoms with van der Waals surface area (Å²) in [5.41, 5.74) is 3.13. The van der Waals surface area contributed by atoms with Gasteiger partial charge in [0.1, 0.15) is 11.5 Å². The Labute approximate surface area is 138 Å². The molecule has 0 amide bonds. The van der Waals surface area contributed by atoms with Gasteiger partial charge in [0, 0.05) is 0 Å². The van der Waals surface area contributed by atoms with Crippen molar-refractivity contribution >= 4 is 6.16 Å². The fourth-order valence-electron chi connectivity index (χ4n) is 2.41. The zero-order valence-corrected chi connectivity index (χ0v) is 14.4. The van der Waals surface area contributed by atoms with Crippen molar-refractivity contribution in [3.63, 3.8) is 0 Å². The van der Waals surface area contributed by atoms with Crippen molar-refractivity contribution in [3.8, 4) is 11.5 Å². The highest BCUT2D eigenvalue weighted by atomic mass is 16.7. The third-order valence-corrected chi connectivity index (χ3v) is 3.73. The molecule has 0 atom stereocenters. The summed E-state index contributed by atoms with van der Waals surface area (Å²) in [6.07, 6.45) is -0.705. The highest BCUT2D eigenvalue weighted by molar-refractivity contribution is 5.68. The van der Waals surface area contributed by atoms with E-state index in [1.807, 2.05) is 37.3 Å². The van der Waals surface area contributed by atoms with E-state index in [4.69, 9.17) is 9.47 Å². The van der Waals surface area contributed by atoms with Gasteiger partial charge in [0.15, 0.2) is 0 Å². The van der Waals surface area contributed by atoms with Crippen LogP contribution in [-0.4, -0.2) is 6.16 Å². The van der Waals surface area contributed by atoms with E-state index >= 15 is 0 Å². The minimum atomic E-state index is -0.705. The van der Waals surface area contributed by atoms with Crippen LogP contribution in [0.1, 0.15) is 56.2 Å². The number of ether oxygens (including phenoxy) is 2. The van der Waals surface area contributed by atoms with E-state index in [2.05, 4.69) is 27.7 Å². The summed E-state index contributed by atoms with van der Waals surface area (Å²) in [7, 11) is 0. The van der Waals surface area contributed by atoms with Gasteiger partial charge >= 0.3 is 6.16 Å². The monoisotopic (exact) mass is 312 g/mol.